The molecule has 1 aliphatic heterocycles. The molecule has 6 heteroatoms. The van der Waals surface area contributed by atoms with Gasteiger partial charge in [0.15, 0.2) is 5.78 Å². The fourth-order valence-corrected chi connectivity index (χ4v) is 4.91. The number of halogens is 2. The Bertz CT molecular complexity index is 1360. The molecule has 4 bridgehead atoms. The standard InChI is InChI=1S/C29H26F2N2O2/c1-17-10-20-13-22(12-17)35-16-18(2)11-19-4-3-5-24(30)28(19)29-25(31)6-7-26(33-29)27(34)14-21-15-32-9-8-23(20)21/h3-9,11,13,15,17,22H,10,12,14,16H2,1-2H3. The molecule has 2 atom stereocenters. The Hall–Kier alpha value is -3.51. The molecule has 0 spiro atoms. The molecule has 0 amide bonds. The van der Waals surface area contributed by atoms with E-state index in [0.717, 1.165) is 35.1 Å². The van der Waals surface area contributed by atoms with Crippen molar-refractivity contribution >= 4 is 17.4 Å². The molecule has 0 fully saturated rings. The Labute approximate surface area is 203 Å². The van der Waals surface area contributed by atoms with Gasteiger partial charge in [-0.15, -0.1) is 0 Å². The van der Waals surface area contributed by atoms with Gasteiger partial charge in [0.05, 0.1) is 12.7 Å². The van der Waals surface area contributed by atoms with Crippen molar-refractivity contribution in [2.45, 2.75) is 39.2 Å². The van der Waals surface area contributed by atoms with Crippen molar-refractivity contribution < 1.29 is 18.3 Å². The molecule has 1 aromatic carbocycles. The number of rotatable bonds is 0. The van der Waals surface area contributed by atoms with Crippen LogP contribution in [0.25, 0.3) is 22.9 Å². The number of fused-ring (bicyclic) bond motifs is 7. The van der Waals surface area contributed by atoms with Crippen LogP contribution in [0.15, 0.2) is 60.4 Å². The highest BCUT2D eigenvalue weighted by Crippen LogP contribution is 2.35. The Morgan fingerprint density at radius 1 is 1.09 bits per heavy atom. The van der Waals surface area contributed by atoms with Crippen molar-refractivity contribution in [3.05, 3.63) is 94.5 Å². The van der Waals surface area contributed by atoms with Crippen molar-refractivity contribution in [1.29, 1.82) is 0 Å². The summed E-state index contributed by atoms with van der Waals surface area (Å²) in [6, 6.07) is 9.01. The third-order valence-electron chi connectivity index (χ3n) is 6.53. The van der Waals surface area contributed by atoms with E-state index >= 15 is 4.39 Å². The quantitative estimate of drug-likeness (QED) is 0.377. The number of carbonyl (C=O) groups excluding carboxylic acids is 1. The molecule has 1 aliphatic carbocycles. The van der Waals surface area contributed by atoms with E-state index in [-0.39, 0.29) is 35.3 Å². The first kappa shape index (κ1) is 23.2. The number of hydrogen-bond acceptors (Lipinski definition) is 4. The molecule has 3 aromatic rings. The normalized spacial score (nSPS) is 20.4. The topological polar surface area (TPSA) is 52.1 Å². The number of ether oxygens (including phenoxy) is 1. The van der Waals surface area contributed by atoms with Gasteiger partial charge in [-0.2, -0.15) is 0 Å². The zero-order chi connectivity index (χ0) is 24.5. The summed E-state index contributed by atoms with van der Waals surface area (Å²) in [6.07, 6.45) is 9.09. The lowest BCUT2D eigenvalue weighted by molar-refractivity contribution is 0.0837. The molecule has 2 aromatic heterocycles. The van der Waals surface area contributed by atoms with Crippen LogP contribution in [0.3, 0.4) is 0 Å². The first-order valence-corrected chi connectivity index (χ1v) is 11.8. The molecule has 2 unspecified atom stereocenters. The van der Waals surface area contributed by atoms with Crippen LogP contribution >= 0.6 is 0 Å². The SMILES string of the molecule is CC1=Cc2cccc(F)c2-c2nc(ccc2F)C(=O)Cc2cnccc2C2=CC(CC(C)C2)OC1. The molecule has 0 saturated heterocycles. The monoisotopic (exact) mass is 472 g/mol. The first-order valence-electron chi connectivity index (χ1n) is 11.8. The van der Waals surface area contributed by atoms with Crippen LogP contribution in [0, 0.1) is 17.6 Å². The first-order chi connectivity index (χ1) is 16.9. The minimum Gasteiger partial charge on any atom is -0.370 e. The highest BCUT2D eigenvalue weighted by atomic mass is 19.1. The largest absolute Gasteiger partial charge is 0.370 e. The minimum absolute atomic E-state index is 0.0293. The van der Waals surface area contributed by atoms with E-state index in [2.05, 4.69) is 23.0 Å². The lowest BCUT2D eigenvalue weighted by atomic mass is 9.83. The van der Waals surface area contributed by atoms with Crippen molar-refractivity contribution in [3.63, 3.8) is 0 Å². The molecule has 178 valence electrons. The molecule has 0 radical (unpaired) electrons. The predicted octanol–water partition coefficient (Wildman–Crippen LogP) is 6.46. The van der Waals surface area contributed by atoms with Crippen LogP contribution in [-0.4, -0.2) is 28.5 Å². The van der Waals surface area contributed by atoms with Gasteiger partial charge in [-0.1, -0.05) is 31.2 Å². The molecule has 35 heavy (non-hydrogen) atoms. The summed E-state index contributed by atoms with van der Waals surface area (Å²) in [4.78, 5) is 21.8. The molecular formula is C29H26F2N2O2. The number of Topliss-reactive ketones (excluding diaryl/α,β-unsaturated/α-hetero) is 1. The van der Waals surface area contributed by atoms with Gasteiger partial charge in [-0.3, -0.25) is 9.78 Å². The lowest BCUT2D eigenvalue weighted by Crippen LogP contribution is -2.21. The van der Waals surface area contributed by atoms with Gasteiger partial charge in [0.1, 0.15) is 23.0 Å². The van der Waals surface area contributed by atoms with Gasteiger partial charge in [0.25, 0.3) is 0 Å². The summed E-state index contributed by atoms with van der Waals surface area (Å²) in [5.74, 6) is -1.16. The molecular weight excluding hydrogens is 446 g/mol. The van der Waals surface area contributed by atoms with Gasteiger partial charge in [-0.25, -0.2) is 13.8 Å². The molecule has 0 saturated carbocycles. The molecule has 4 nitrogen and oxygen atoms in total. The average molecular weight is 473 g/mol. The highest BCUT2D eigenvalue weighted by Gasteiger charge is 2.24. The molecule has 5 rings (SSSR count). The molecule has 0 N–H and O–H groups in total. The van der Waals surface area contributed by atoms with E-state index in [9.17, 15) is 9.18 Å². The van der Waals surface area contributed by atoms with E-state index in [1.54, 1.807) is 30.6 Å². The summed E-state index contributed by atoms with van der Waals surface area (Å²) in [7, 11) is 0. The zero-order valence-corrected chi connectivity index (χ0v) is 19.7. The average Bonchev–Trinajstić information content (AvgIpc) is 2.83. The number of nitrogens with zero attached hydrogens (tertiary/aromatic N) is 2. The Morgan fingerprint density at radius 2 is 1.94 bits per heavy atom. The van der Waals surface area contributed by atoms with Crippen molar-refractivity contribution in [2.24, 2.45) is 5.92 Å². The van der Waals surface area contributed by atoms with Crippen molar-refractivity contribution in [2.75, 3.05) is 6.61 Å². The van der Waals surface area contributed by atoms with Crippen LogP contribution in [0.1, 0.15) is 53.9 Å². The van der Waals surface area contributed by atoms with E-state index < -0.39 is 11.6 Å². The fraction of sp³-hybridized carbons (Fsp3) is 0.276. The Balaban J connectivity index is 1.69. The smallest absolute Gasteiger partial charge is 0.185 e. The zero-order valence-electron chi connectivity index (χ0n) is 19.7. The number of hydrogen-bond donors (Lipinski definition) is 0. The van der Waals surface area contributed by atoms with Crippen LogP contribution in [0.4, 0.5) is 8.78 Å². The second-order valence-corrected chi connectivity index (χ2v) is 9.44. The summed E-state index contributed by atoms with van der Waals surface area (Å²) in [6.45, 7) is 4.45. The molecule has 3 heterocycles. The fourth-order valence-electron chi connectivity index (χ4n) is 4.91. The van der Waals surface area contributed by atoms with Gasteiger partial charge in [0.2, 0.25) is 0 Å². The second kappa shape index (κ2) is 9.62. The second-order valence-electron chi connectivity index (χ2n) is 9.44. The number of aromatic nitrogens is 2. The molecule has 2 aliphatic rings. The van der Waals surface area contributed by atoms with Gasteiger partial charge < -0.3 is 4.74 Å². The van der Waals surface area contributed by atoms with Crippen LogP contribution < -0.4 is 0 Å². The van der Waals surface area contributed by atoms with E-state index in [1.165, 1.54) is 18.2 Å². The number of pyridine rings is 2. The van der Waals surface area contributed by atoms with E-state index in [0.29, 0.717) is 18.1 Å². The summed E-state index contributed by atoms with van der Waals surface area (Å²) >= 11 is 0. The predicted molar refractivity (Wildman–Crippen MR) is 132 cm³/mol. The van der Waals surface area contributed by atoms with E-state index in [1.807, 2.05) is 13.0 Å². The maximum atomic E-state index is 15.0. The Morgan fingerprint density at radius 3 is 2.80 bits per heavy atom. The minimum atomic E-state index is -0.688. The van der Waals surface area contributed by atoms with Crippen LogP contribution in [-0.2, 0) is 11.2 Å². The van der Waals surface area contributed by atoms with E-state index in [4.69, 9.17) is 4.74 Å². The third kappa shape index (κ3) is 4.84. The van der Waals surface area contributed by atoms with Gasteiger partial charge >= 0.3 is 0 Å². The van der Waals surface area contributed by atoms with Gasteiger partial charge in [-0.05, 0) is 77.8 Å². The third-order valence-corrected chi connectivity index (χ3v) is 6.53. The maximum Gasteiger partial charge on any atom is 0.185 e. The number of carbonyl (C=O) groups is 1. The van der Waals surface area contributed by atoms with Crippen molar-refractivity contribution in [3.8, 4) is 11.3 Å². The summed E-state index contributed by atoms with van der Waals surface area (Å²) < 4.78 is 36.1. The Kier molecular flexibility index (Phi) is 6.39. The number of ketones is 1. The van der Waals surface area contributed by atoms with Crippen LogP contribution in [0.2, 0.25) is 0 Å². The highest BCUT2D eigenvalue weighted by molar-refractivity contribution is 5.97. The summed E-state index contributed by atoms with van der Waals surface area (Å²) in [5.41, 5.74) is 4.16. The van der Waals surface area contributed by atoms with Crippen molar-refractivity contribution in [1.82, 2.24) is 9.97 Å². The number of allylic oxidation sites excluding steroid dienone is 1. The maximum absolute atomic E-state index is 15.0. The van der Waals surface area contributed by atoms with Crippen LogP contribution in [0.5, 0.6) is 0 Å². The van der Waals surface area contributed by atoms with Gasteiger partial charge in [0, 0.05) is 24.4 Å². The number of benzene rings is 1. The lowest BCUT2D eigenvalue weighted by Gasteiger charge is -2.27. The summed E-state index contributed by atoms with van der Waals surface area (Å²) in [5, 5.41) is 0.